The first kappa shape index (κ1) is 29.6. The molecule has 2 aromatic heterocycles. The Bertz CT molecular complexity index is 3170. The van der Waals surface area contributed by atoms with E-state index in [0.29, 0.717) is 0 Å². The highest BCUT2D eigenvalue weighted by Gasteiger charge is 2.23. The molecule has 0 atom stereocenters. The zero-order valence-electron chi connectivity index (χ0n) is 28.9. The molecule has 0 aliphatic carbocycles. The molecule has 0 aliphatic rings. The van der Waals surface area contributed by atoms with Gasteiger partial charge in [0.1, 0.15) is 0 Å². The molecule has 11 aromatic rings. The minimum absolute atomic E-state index is 1.10. The van der Waals surface area contributed by atoms with Crippen LogP contribution in [0.15, 0.2) is 200 Å². The fourth-order valence-corrected chi connectivity index (χ4v) is 8.56. The summed E-state index contributed by atoms with van der Waals surface area (Å²) in [5, 5.41) is 9.90. The smallest absolute Gasteiger partial charge is 0.0562 e. The fraction of sp³-hybridized carbons (Fsp3) is 0. The highest BCUT2D eigenvalue weighted by molar-refractivity contribution is 6.18. The average molecular weight is 676 g/mol. The van der Waals surface area contributed by atoms with Crippen LogP contribution < -0.4 is 4.90 Å². The van der Waals surface area contributed by atoms with Crippen molar-refractivity contribution in [3.8, 4) is 11.4 Å². The lowest BCUT2D eigenvalue weighted by molar-refractivity contribution is 1.17. The molecule has 0 unspecified atom stereocenters. The van der Waals surface area contributed by atoms with Crippen molar-refractivity contribution in [1.82, 2.24) is 9.13 Å². The second kappa shape index (κ2) is 11.7. The number of rotatable bonds is 5. The molecule has 11 rings (SSSR count). The van der Waals surface area contributed by atoms with Gasteiger partial charge in [0, 0.05) is 44.3 Å². The molecule has 0 N–H and O–H groups in total. The number of benzene rings is 9. The summed E-state index contributed by atoms with van der Waals surface area (Å²) in [6, 6.07) is 72.8. The van der Waals surface area contributed by atoms with Gasteiger partial charge in [0.05, 0.1) is 27.8 Å². The molecule has 3 nitrogen and oxygen atoms in total. The topological polar surface area (TPSA) is 13.1 Å². The molecule has 0 saturated carbocycles. The Kier molecular flexibility index (Phi) is 6.55. The third-order valence-electron chi connectivity index (χ3n) is 10.8. The van der Waals surface area contributed by atoms with Crippen LogP contribution in [0.3, 0.4) is 0 Å². The summed E-state index contributed by atoms with van der Waals surface area (Å²) in [5.41, 5.74) is 10.4. The third-order valence-corrected chi connectivity index (χ3v) is 10.8. The number of fused-ring (bicyclic) bond motifs is 9. The molecular weight excluding hydrogens is 643 g/mol. The molecule has 0 saturated heterocycles. The van der Waals surface area contributed by atoms with Crippen LogP contribution in [0.1, 0.15) is 0 Å². The minimum Gasteiger partial charge on any atom is -0.310 e. The van der Waals surface area contributed by atoms with Crippen molar-refractivity contribution in [2.45, 2.75) is 0 Å². The second-order valence-electron chi connectivity index (χ2n) is 13.8. The lowest BCUT2D eigenvalue weighted by atomic mass is 10.0. The number of anilines is 3. The Labute approximate surface area is 306 Å². The van der Waals surface area contributed by atoms with E-state index in [0.717, 1.165) is 28.4 Å². The van der Waals surface area contributed by atoms with Crippen molar-refractivity contribution in [3.63, 3.8) is 0 Å². The van der Waals surface area contributed by atoms with E-state index >= 15 is 0 Å². The SMILES string of the molecule is c1ccc(-n2c3ccccc3c3ccc(N(c4ccc5c(ccc6ccccc65)c4)c4cccc5c4c4ccccc4n5-c4ccccc4)cc32)cc1. The molecule has 53 heavy (non-hydrogen) atoms. The monoisotopic (exact) mass is 675 g/mol. The van der Waals surface area contributed by atoms with Crippen LogP contribution in [-0.4, -0.2) is 9.13 Å². The zero-order valence-corrected chi connectivity index (χ0v) is 28.9. The Hall–Kier alpha value is -7.10. The van der Waals surface area contributed by atoms with Crippen LogP contribution >= 0.6 is 0 Å². The van der Waals surface area contributed by atoms with Gasteiger partial charge < -0.3 is 14.0 Å². The highest BCUT2D eigenvalue weighted by atomic mass is 15.2. The molecule has 2 heterocycles. The molecule has 0 bridgehead atoms. The number of aromatic nitrogens is 2. The Morgan fingerprint density at radius 2 is 0.811 bits per heavy atom. The largest absolute Gasteiger partial charge is 0.310 e. The maximum atomic E-state index is 2.46. The first-order valence-electron chi connectivity index (χ1n) is 18.2. The van der Waals surface area contributed by atoms with Gasteiger partial charge in [-0.15, -0.1) is 0 Å². The van der Waals surface area contributed by atoms with Crippen molar-refractivity contribution in [1.29, 1.82) is 0 Å². The van der Waals surface area contributed by atoms with E-state index in [1.807, 2.05) is 0 Å². The maximum absolute atomic E-state index is 2.46. The molecule has 0 fully saturated rings. The van der Waals surface area contributed by atoms with Crippen LogP contribution in [0.4, 0.5) is 17.1 Å². The summed E-state index contributed by atoms with van der Waals surface area (Å²) in [4.78, 5) is 2.46. The molecular formula is C50H33N3. The predicted molar refractivity (Wildman–Crippen MR) is 225 cm³/mol. The van der Waals surface area contributed by atoms with Crippen molar-refractivity contribution in [2.75, 3.05) is 4.90 Å². The zero-order chi connectivity index (χ0) is 34.9. The van der Waals surface area contributed by atoms with Gasteiger partial charge in [-0.25, -0.2) is 0 Å². The molecule has 9 aromatic carbocycles. The van der Waals surface area contributed by atoms with Crippen molar-refractivity contribution < 1.29 is 0 Å². The van der Waals surface area contributed by atoms with Gasteiger partial charge in [-0.05, 0) is 94.3 Å². The van der Waals surface area contributed by atoms with Crippen LogP contribution in [0.5, 0.6) is 0 Å². The van der Waals surface area contributed by atoms with Crippen molar-refractivity contribution in [3.05, 3.63) is 200 Å². The Balaban J connectivity index is 1.23. The lowest BCUT2D eigenvalue weighted by Crippen LogP contribution is -2.10. The lowest BCUT2D eigenvalue weighted by Gasteiger charge is -2.27. The van der Waals surface area contributed by atoms with Crippen molar-refractivity contribution in [2.24, 2.45) is 0 Å². The van der Waals surface area contributed by atoms with Crippen LogP contribution in [0, 0.1) is 0 Å². The standard InChI is InChI=1S/C50H33N3/c1-3-15-36(16-4-1)52-46-23-12-10-21-44(46)50-47(24-13-25-48(50)52)51(38-28-30-41-35(32-38)27-26-34-14-7-8-19-40(34)41)39-29-31-43-42-20-9-11-22-45(42)53(49(43)33-39)37-17-5-2-6-18-37/h1-33H. The molecule has 3 heteroatoms. The third kappa shape index (κ3) is 4.54. The van der Waals surface area contributed by atoms with E-state index in [1.54, 1.807) is 0 Å². The number of para-hydroxylation sites is 4. The Morgan fingerprint density at radius 1 is 0.302 bits per heavy atom. The molecule has 0 radical (unpaired) electrons. The predicted octanol–water partition coefficient (Wildman–Crippen LogP) is 13.7. The molecule has 0 amide bonds. The Morgan fingerprint density at radius 3 is 1.57 bits per heavy atom. The molecule has 0 spiro atoms. The van der Waals surface area contributed by atoms with Crippen molar-refractivity contribution >= 4 is 82.2 Å². The second-order valence-corrected chi connectivity index (χ2v) is 13.8. The van der Waals surface area contributed by atoms with Gasteiger partial charge in [0.2, 0.25) is 0 Å². The molecule has 0 aliphatic heterocycles. The van der Waals surface area contributed by atoms with Gasteiger partial charge in [-0.2, -0.15) is 0 Å². The quantitative estimate of drug-likeness (QED) is 0.166. The van der Waals surface area contributed by atoms with Crippen LogP contribution in [0.25, 0.3) is 76.5 Å². The maximum Gasteiger partial charge on any atom is 0.0562 e. The summed E-state index contributed by atoms with van der Waals surface area (Å²) in [6.45, 7) is 0. The summed E-state index contributed by atoms with van der Waals surface area (Å²) in [5.74, 6) is 0. The van der Waals surface area contributed by atoms with E-state index in [9.17, 15) is 0 Å². The van der Waals surface area contributed by atoms with Gasteiger partial charge >= 0.3 is 0 Å². The van der Waals surface area contributed by atoms with Crippen LogP contribution in [-0.2, 0) is 0 Å². The minimum atomic E-state index is 1.10. The first-order chi connectivity index (χ1) is 26.3. The molecule has 248 valence electrons. The normalized spacial score (nSPS) is 11.8. The number of hydrogen-bond donors (Lipinski definition) is 0. The van der Waals surface area contributed by atoms with Crippen LogP contribution in [0.2, 0.25) is 0 Å². The van der Waals surface area contributed by atoms with Gasteiger partial charge in [0.25, 0.3) is 0 Å². The van der Waals surface area contributed by atoms with Gasteiger partial charge in [0.15, 0.2) is 0 Å². The highest BCUT2D eigenvalue weighted by Crippen LogP contribution is 2.46. The summed E-state index contributed by atoms with van der Waals surface area (Å²) in [7, 11) is 0. The van der Waals surface area contributed by atoms with E-state index in [-0.39, 0.29) is 0 Å². The summed E-state index contributed by atoms with van der Waals surface area (Å²) in [6.07, 6.45) is 0. The number of hydrogen-bond acceptors (Lipinski definition) is 1. The van der Waals surface area contributed by atoms with E-state index in [4.69, 9.17) is 0 Å². The fourth-order valence-electron chi connectivity index (χ4n) is 8.56. The summed E-state index contributed by atoms with van der Waals surface area (Å²) >= 11 is 0. The van der Waals surface area contributed by atoms with Gasteiger partial charge in [-0.1, -0.05) is 127 Å². The van der Waals surface area contributed by atoms with E-state index < -0.39 is 0 Å². The van der Waals surface area contributed by atoms with E-state index in [1.165, 1.54) is 65.2 Å². The summed E-state index contributed by atoms with van der Waals surface area (Å²) < 4.78 is 4.80. The van der Waals surface area contributed by atoms with Gasteiger partial charge in [-0.3, -0.25) is 0 Å². The average Bonchev–Trinajstić information content (AvgIpc) is 3.74. The van der Waals surface area contributed by atoms with E-state index in [2.05, 4.69) is 214 Å². The number of nitrogens with zero attached hydrogens (tertiary/aromatic N) is 3. The first-order valence-corrected chi connectivity index (χ1v) is 18.2.